The van der Waals surface area contributed by atoms with Crippen LogP contribution in [0.1, 0.15) is 24.0 Å². The molecule has 1 aliphatic carbocycles. The molecular weight excluding hydrogens is 283 g/mol. The van der Waals surface area contributed by atoms with Gasteiger partial charge in [-0.05, 0) is 30.5 Å². The fraction of sp³-hybridized carbons (Fsp3) is 0.294. The normalized spacial score (nSPS) is 17.6. The topological polar surface area (TPSA) is 0 Å². The van der Waals surface area contributed by atoms with Crippen molar-refractivity contribution in [2.45, 2.75) is 18.5 Å². The molecule has 2 heteroatoms. The van der Waals surface area contributed by atoms with Crippen molar-refractivity contribution in [3.8, 4) is 11.1 Å². The van der Waals surface area contributed by atoms with Crippen LogP contribution in [0.3, 0.4) is 0 Å². The first-order valence-electron chi connectivity index (χ1n) is 6.46. The zero-order valence-corrected chi connectivity index (χ0v) is 14.1. The first-order chi connectivity index (χ1) is 8.70. The molecule has 0 amide bonds. The maximum atomic E-state index is 3.49. The van der Waals surface area contributed by atoms with Gasteiger partial charge < -0.3 is 0 Å². The number of benzene rings is 2. The molecule has 0 aromatic heterocycles. The molecule has 2 atom stereocenters. The Morgan fingerprint density at radius 3 is 2.47 bits per heavy atom. The van der Waals surface area contributed by atoms with Gasteiger partial charge in [-0.2, -0.15) is 24.3 Å². The van der Waals surface area contributed by atoms with Crippen LogP contribution in [0.15, 0.2) is 42.5 Å². The first kappa shape index (κ1) is 15.0. The fourth-order valence-electron chi connectivity index (χ4n) is 2.91. The van der Waals surface area contributed by atoms with Crippen molar-refractivity contribution in [3.63, 3.8) is 0 Å². The quantitative estimate of drug-likeness (QED) is 0.427. The van der Waals surface area contributed by atoms with Gasteiger partial charge in [-0.1, -0.05) is 36.8 Å². The smallest absolute Gasteiger partial charge is 0 e. The molecule has 0 aliphatic heterocycles. The van der Waals surface area contributed by atoms with Gasteiger partial charge in [0.2, 0.25) is 0 Å². The molecule has 0 nitrogen and oxygen atoms in total. The summed E-state index contributed by atoms with van der Waals surface area (Å²) in [7, 11) is 0.0584. The molecule has 1 aliphatic rings. The van der Waals surface area contributed by atoms with E-state index in [4.69, 9.17) is 0 Å². The maximum absolute atomic E-state index is 3.49. The molecule has 0 N–H and O–H groups in total. The summed E-state index contributed by atoms with van der Waals surface area (Å²) in [5, 5.41) is 0. The van der Waals surface area contributed by atoms with Crippen molar-refractivity contribution in [2.24, 2.45) is 0 Å². The van der Waals surface area contributed by atoms with Crippen LogP contribution < -0.4 is 0 Å². The predicted octanol–water partition coefficient (Wildman–Crippen LogP) is 4.73. The molecule has 0 bridgehead atoms. The Balaban J connectivity index is 0.00000133. The Labute approximate surface area is 132 Å². The van der Waals surface area contributed by atoms with E-state index < -0.39 is 0 Å². The second-order valence-electron chi connectivity index (χ2n) is 5.27. The average molecular weight is 301 g/mol. The van der Waals surface area contributed by atoms with Gasteiger partial charge in [0.1, 0.15) is 0 Å². The third-order valence-electron chi connectivity index (χ3n) is 4.08. The van der Waals surface area contributed by atoms with Crippen LogP contribution in [0, 0.1) is 6.07 Å². The molecule has 19 heavy (non-hydrogen) atoms. The molecular formula is C17H18PTi-. The monoisotopic (exact) mass is 301 g/mol. The van der Waals surface area contributed by atoms with Crippen molar-refractivity contribution in [1.82, 2.24) is 0 Å². The minimum Gasteiger partial charge on any atom is -0.179 e. The number of rotatable bonds is 2. The molecule has 2 aromatic carbocycles. The van der Waals surface area contributed by atoms with Gasteiger partial charge in [-0.3, -0.25) is 0 Å². The van der Waals surface area contributed by atoms with Gasteiger partial charge in [0.05, 0.1) is 0 Å². The van der Waals surface area contributed by atoms with Crippen LogP contribution in [0.2, 0.25) is 0 Å². The fourth-order valence-corrected chi connectivity index (χ4v) is 3.82. The van der Waals surface area contributed by atoms with Gasteiger partial charge in [0.15, 0.2) is 0 Å². The van der Waals surface area contributed by atoms with E-state index in [0.29, 0.717) is 11.6 Å². The van der Waals surface area contributed by atoms with Crippen molar-refractivity contribution in [2.75, 3.05) is 13.3 Å². The van der Waals surface area contributed by atoms with E-state index in [-0.39, 0.29) is 29.6 Å². The van der Waals surface area contributed by atoms with E-state index in [1.165, 1.54) is 22.3 Å². The molecule has 0 radical (unpaired) electrons. The van der Waals surface area contributed by atoms with E-state index >= 15 is 0 Å². The van der Waals surface area contributed by atoms with Crippen LogP contribution in [0.4, 0.5) is 0 Å². The van der Waals surface area contributed by atoms with Crippen LogP contribution in [0.5, 0.6) is 0 Å². The van der Waals surface area contributed by atoms with Gasteiger partial charge >= 0.3 is 0 Å². The van der Waals surface area contributed by atoms with Crippen molar-refractivity contribution < 1.29 is 21.7 Å². The molecule has 96 valence electrons. The van der Waals surface area contributed by atoms with E-state index in [1.54, 1.807) is 0 Å². The molecule has 0 saturated heterocycles. The summed E-state index contributed by atoms with van der Waals surface area (Å²) < 4.78 is 0. The second-order valence-corrected chi connectivity index (χ2v) is 8.01. The molecule has 2 aromatic rings. The Morgan fingerprint density at radius 2 is 1.74 bits per heavy atom. The third-order valence-corrected chi connectivity index (χ3v) is 6.01. The SMILES string of the molecule is CC(C1c2[c-]cccc2-c2ccccc21)P(C)C.[Ti]. The summed E-state index contributed by atoms with van der Waals surface area (Å²) in [5.41, 5.74) is 6.42. The molecule has 0 heterocycles. The Hall–Kier alpha value is -0.416. The summed E-state index contributed by atoms with van der Waals surface area (Å²) in [6.07, 6.45) is 0. The zero-order chi connectivity index (χ0) is 12.7. The van der Waals surface area contributed by atoms with E-state index in [9.17, 15) is 0 Å². The maximum Gasteiger partial charge on any atom is 0 e. The molecule has 0 fully saturated rings. The molecule has 3 rings (SSSR count). The van der Waals surface area contributed by atoms with Crippen molar-refractivity contribution >= 4 is 7.92 Å². The van der Waals surface area contributed by atoms with E-state index in [0.717, 1.165) is 0 Å². The molecule has 0 spiro atoms. The van der Waals surface area contributed by atoms with Crippen LogP contribution in [-0.4, -0.2) is 19.0 Å². The van der Waals surface area contributed by atoms with Crippen molar-refractivity contribution in [3.05, 3.63) is 59.7 Å². The first-order valence-corrected chi connectivity index (χ1v) is 8.77. The molecule has 0 saturated carbocycles. The summed E-state index contributed by atoms with van der Waals surface area (Å²) in [4.78, 5) is 0. The van der Waals surface area contributed by atoms with Gasteiger partial charge in [-0.15, -0.1) is 19.0 Å². The third kappa shape index (κ3) is 2.47. The Morgan fingerprint density at radius 1 is 1.05 bits per heavy atom. The number of hydrogen-bond donors (Lipinski definition) is 0. The van der Waals surface area contributed by atoms with E-state index in [1.807, 2.05) is 0 Å². The minimum atomic E-state index is 0. The second kappa shape index (κ2) is 5.92. The van der Waals surface area contributed by atoms with Crippen LogP contribution in [-0.2, 0) is 21.7 Å². The minimum absolute atomic E-state index is 0. The summed E-state index contributed by atoms with van der Waals surface area (Å²) in [5.74, 6) is 0.540. The van der Waals surface area contributed by atoms with Gasteiger partial charge in [-0.25, -0.2) is 0 Å². The van der Waals surface area contributed by atoms with Gasteiger partial charge in [0, 0.05) is 21.7 Å². The summed E-state index contributed by atoms with van der Waals surface area (Å²) >= 11 is 0. The summed E-state index contributed by atoms with van der Waals surface area (Å²) in [6, 6.07) is 18.7. The number of fused-ring (bicyclic) bond motifs is 3. The van der Waals surface area contributed by atoms with Crippen molar-refractivity contribution in [1.29, 1.82) is 0 Å². The zero-order valence-electron chi connectivity index (χ0n) is 11.6. The summed E-state index contributed by atoms with van der Waals surface area (Å²) in [6.45, 7) is 7.15. The van der Waals surface area contributed by atoms with Gasteiger partial charge in [0.25, 0.3) is 0 Å². The average Bonchev–Trinajstić information content (AvgIpc) is 2.72. The number of hydrogen-bond acceptors (Lipinski definition) is 0. The van der Waals surface area contributed by atoms with Crippen LogP contribution >= 0.6 is 7.92 Å². The Kier molecular flexibility index (Phi) is 4.67. The predicted molar refractivity (Wildman–Crippen MR) is 80.8 cm³/mol. The van der Waals surface area contributed by atoms with E-state index in [2.05, 4.69) is 68.8 Å². The largest absolute Gasteiger partial charge is 0.179 e. The standard InChI is InChI=1S/C17H18P.Ti/c1-12(18(2)3)17-15-10-6-4-8-13(15)14-9-5-7-11-16(14)17;/h4-10,12,17H,1-3H3;/q-1;. The van der Waals surface area contributed by atoms with Crippen LogP contribution in [0.25, 0.3) is 11.1 Å². The molecule has 2 unspecified atom stereocenters. The Bertz CT molecular complexity index is 531.